The molecule has 122 valence electrons. The van der Waals surface area contributed by atoms with Gasteiger partial charge in [-0.15, -0.1) is 11.3 Å². The molecule has 2 aromatic rings. The predicted molar refractivity (Wildman–Crippen MR) is 87.8 cm³/mol. The number of aryl methyl sites for hydroxylation is 1. The van der Waals surface area contributed by atoms with E-state index in [1.165, 1.54) is 17.4 Å². The zero-order valence-electron chi connectivity index (χ0n) is 13.1. The van der Waals surface area contributed by atoms with E-state index < -0.39 is 0 Å². The number of halogens is 1. The second-order valence-corrected chi connectivity index (χ2v) is 6.71. The maximum atomic E-state index is 13.9. The molecule has 1 N–H and O–H groups in total. The van der Waals surface area contributed by atoms with E-state index in [1.807, 2.05) is 13.8 Å². The summed E-state index contributed by atoms with van der Waals surface area (Å²) in [5.74, 6) is -0.376. The van der Waals surface area contributed by atoms with Gasteiger partial charge < -0.3 is 10.1 Å². The van der Waals surface area contributed by atoms with E-state index in [4.69, 9.17) is 4.74 Å². The Morgan fingerprint density at radius 3 is 2.96 bits per heavy atom. The quantitative estimate of drug-likeness (QED) is 0.929. The van der Waals surface area contributed by atoms with Gasteiger partial charge in [0.05, 0.1) is 16.6 Å². The molecule has 1 aliphatic rings. The maximum absolute atomic E-state index is 13.9. The molecule has 1 amide bonds. The van der Waals surface area contributed by atoms with Crippen LogP contribution in [0.25, 0.3) is 10.6 Å². The summed E-state index contributed by atoms with van der Waals surface area (Å²) in [6.45, 7) is 4.44. The second-order valence-electron chi connectivity index (χ2n) is 5.68. The fourth-order valence-corrected chi connectivity index (χ4v) is 3.81. The van der Waals surface area contributed by atoms with E-state index in [-0.39, 0.29) is 23.9 Å². The molecule has 3 rings (SSSR count). The molecule has 2 atom stereocenters. The lowest BCUT2D eigenvalue weighted by molar-refractivity contribution is -0.130. The van der Waals surface area contributed by atoms with Gasteiger partial charge in [0.1, 0.15) is 16.9 Å². The number of carbonyl (C=O) groups is 1. The Kier molecular flexibility index (Phi) is 4.73. The third-order valence-electron chi connectivity index (χ3n) is 3.91. The van der Waals surface area contributed by atoms with Crippen molar-refractivity contribution in [1.29, 1.82) is 0 Å². The molecule has 0 unspecified atom stereocenters. The van der Waals surface area contributed by atoms with Gasteiger partial charge in [0.2, 0.25) is 5.91 Å². The number of nitrogens with zero attached hydrogens (tertiary/aromatic N) is 1. The molecular weight excluding hydrogens is 315 g/mol. The fourth-order valence-electron chi connectivity index (χ4n) is 2.72. The van der Waals surface area contributed by atoms with Gasteiger partial charge in [-0.3, -0.25) is 4.79 Å². The Labute approximate surface area is 138 Å². The van der Waals surface area contributed by atoms with Crippen LogP contribution in [0.15, 0.2) is 24.3 Å². The van der Waals surface area contributed by atoms with Crippen molar-refractivity contribution in [2.24, 2.45) is 0 Å². The monoisotopic (exact) mass is 334 g/mol. The SMILES string of the molecule is Cc1nc(-c2ccccc2F)sc1[C@@H](C)NC(=O)[C@@H]1CCCO1. The van der Waals surface area contributed by atoms with E-state index in [1.54, 1.807) is 18.2 Å². The average molecular weight is 334 g/mol. The van der Waals surface area contributed by atoms with Crippen LogP contribution in [0.1, 0.15) is 36.4 Å². The number of aromatic nitrogens is 1. The summed E-state index contributed by atoms with van der Waals surface area (Å²) in [7, 11) is 0. The largest absolute Gasteiger partial charge is 0.368 e. The van der Waals surface area contributed by atoms with Gasteiger partial charge >= 0.3 is 0 Å². The third-order valence-corrected chi connectivity index (χ3v) is 5.28. The second kappa shape index (κ2) is 6.76. The first-order chi connectivity index (χ1) is 11.1. The first-order valence-electron chi connectivity index (χ1n) is 7.70. The molecule has 1 aromatic carbocycles. The number of rotatable bonds is 4. The highest BCUT2D eigenvalue weighted by Crippen LogP contribution is 2.33. The van der Waals surface area contributed by atoms with Crippen molar-refractivity contribution in [3.63, 3.8) is 0 Å². The molecule has 6 heteroatoms. The van der Waals surface area contributed by atoms with Gasteiger partial charge in [-0.25, -0.2) is 9.37 Å². The van der Waals surface area contributed by atoms with Crippen LogP contribution in [0.5, 0.6) is 0 Å². The Morgan fingerprint density at radius 1 is 1.48 bits per heavy atom. The Bertz CT molecular complexity index is 710. The lowest BCUT2D eigenvalue weighted by Crippen LogP contribution is -2.35. The van der Waals surface area contributed by atoms with Crippen molar-refractivity contribution in [3.05, 3.63) is 40.7 Å². The van der Waals surface area contributed by atoms with Crippen molar-refractivity contribution in [1.82, 2.24) is 10.3 Å². The van der Waals surface area contributed by atoms with Crippen LogP contribution in [0.4, 0.5) is 4.39 Å². The van der Waals surface area contributed by atoms with Gasteiger partial charge in [0.15, 0.2) is 0 Å². The molecule has 0 spiro atoms. The van der Waals surface area contributed by atoms with Crippen molar-refractivity contribution >= 4 is 17.2 Å². The molecule has 1 fully saturated rings. The molecule has 23 heavy (non-hydrogen) atoms. The van der Waals surface area contributed by atoms with Crippen LogP contribution in [0.2, 0.25) is 0 Å². The molecule has 0 bridgehead atoms. The highest BCUT2D eigenvalue weighted by Gasteiger charge is 2.26. The van der Waals surface area contributed by atoms with Crippen LogP contribution in [-0.4, -0.2) is 23.6 Å². The normalized spacial score (nSPS) is 18.8. The van der Waals surface area contributed by atoms with E-state index in [0.717, 1.165) is 23.4 Å². The zero-order chi connectivity index (χ0) is 16.4. The van der Waals surface area contributed by atoms with Crippen LogP contribution in [-0.2, 0) is 9.53 Å². The molecular formula is C17H19FN2O2S. The van der Waals surface area contributed by atoms with Crippen LogP contribution in [0, 0.1) is 12.7 Å². The summed E-state index contributed by atoms with van der Waals surface area (Å²) in [6, 6.07) is 6.41. The smallest absolute Gasteiger partial charge is 0.249 e. The van der Waals surface area contributed by atoms with Gasteiger partial charge in [-0.1, -0.05) is 12.1 Å². The summed E-state index contributed by atoms with van der Waals surface area (Å²) < 4.78 is 19.3. The number of nitrogens with one attached hydrogen (secondary N) is 1. The van der Waals surface area contributed by atoms with E-state index >= 15 is 0 Å². The third kappa shape index (κ3) is 3.43. The molecule has 0 radical (unpaired) electrons. The fraction of sp³-hybridized carbons (Fsp3) is 0.412. The Morgan fingerprint density at radius 2 is 2.26 bits per heavy atom. The van der Waals surface area contributed by atoms with E-state index in [2.05, 4.69) is 10.3 Å². The van der Waals surface area contributed by atoms with E-state index in [0.29, 0.717) is 17.2 Å². The standard InChI is InChI=1S/C17H19FN2O2S/c1-10(19-16(21)14-8-5-9-22-14)15-11(2)20-17(23-15)12-6-3-4-7-13(12)18/h3-4,6-7,10,14H,5,8-9H2,1-2H3,(H,19,21)/t10-,14+/m1/s1. The number of ether oxygens (including phenoxy) is 1. The number of thiazole rings is 1. The minimum atomic E-state index is -0.350. The minimum Gasteiger partial charge on any atom is -0.368 e. The minimum absolute atomic E-state index is 0.0877. The van der Waals surface area contributed by atoms with Crippen molar-refractivity contribution in [3.8, 4) is 10.6 Å². The molecule has 1 aromatic heterocycles. The molecule has 1 aliphatic heterocycles. The molecule has 0 aliphatic carbocycles. The van der Waals surface area contributed by atoms with Gasteiger partial charge in [0, 0.05) is 12.2 Å². The summed E-state index contributed by atoms with van der Waals surface area (Å²) in [5.41, 5.74) is 1.30. The number of hydrogen-bond acceptors (Lipinski definition) is 4. The van der Waals surface area contributed by atoms with Crippen molar-refractivity contribution in [2.45, 2.75) is 38.8 Å². The first kappa shape index (κ1) is 16.1. The Hall–Kier alpha value is -1.79. The summed E-state index contributed by atoms with van der Waals surface area (Å²) in [4.78, 5) is 17.6. The molecule has 0 saturated carbocycles. The summed E-state index contributed by atoms with van der Waals surface area (Å²) in [6.07, 6.45) is 1.33. The molecule has 4 nitrogen and oxygen atoms in total. The summed E-state index contributed by atoms with van der Waals surface area (Å²) >= 11 is 1.41. The topological polar surface area (TPSA) is 51.2 Å². The van der Waals surface area contributed by atoms with Crippen LogP contribution >= 0.6 is 11.3 Å². The lowest BCUT2D eigenvalue weighted by Gasteiger charge is -2.16. The van der Waals surface area contributed by atoms with Crippen molar-refractivity contribution in [2.75, 3.05) is 6.61 Å². The van der Waals surface area contributed by atoms with Crippen molar-refractivity contribution < 1.29 is 13.9 Å². The number of amides is 1. The highest BCUT2D eigenvalue weighted by atomic mass is 32.1. The van der Waals surface area contributed by atoms with Gasteiger partial charge in [-0.05, 0) is 38.8 Å². The number of carbonyl (C=O) groups excluding carboxylic acids is 1. The molecule has 2 heterocycles. The summed E-state index contributed by atoms with van der Waals surface area (Å²) in [5, 5.41) is 3.60. The average Bonchev–Trinajstić information content (AvgIpc) is 3.17. The predicted octanol–water partition coefficient (Wildman–Crippen LogP) is 3.61. The van der Waals surface area contributed by atoms with Crippen LogP contribution < -0.4 is 5.32 Å². The Balaban J connectivity index is 1.77. The van der Waals surface area contributed by atoms with Crippen LogP contribution in [0.3, 0.4) is 0 Å². The first-order valence-corrected chi connectivity index (χ1v) is 8.52. The maximum Gasteiger partial charge on any atom is 0.249 e. The van der Waals surface area contributed by atoms with Gasteiger partial charge in [0.25, 0.3) is 0 Å². The lowest BCUT2D eigenvalue weighted by atomic mass is 10.2. The highest BCUT2D eigenvalue weighted by molar-refractivity contribution is 7.15. The van der Waals surface area contributed by atoms with E-state index in [9.17, 15) is 9.18 Å². The number of hydrogen-bond donors (Lipinski definition) is 1. The molecule has 1 saturated heterocycles. The zero-order valence-corrected chi connectivity index (χ0v) is 14.0. The van der Waals surface area contributed by atoms with Gasteiger partial charge in [-0.2, -0.15) is 0 Å². The number of benzene rings is 1.